The van der Waals surface area contributed by atoms with E-state index in [1.165, 1.54) is 0 Å². The zero-order valence-electron chi connectivity index (χ0n) is 9.71. The highest BCUT2D eigenvalue weighted by atomic mass is 16.5. The van der Waals surface area contributed by atoms with Crippen LogP contribution in [0.25, 0.3) is 0 Å². The first-order valence-electron chi connectivity index (χ1n) is 5.48. The normalized spacial score (nSPS) is 10.1. The molecule has 4 nitrogen and oxygen atoms in total. The second kappa shape index (κ2) is 6.10. The lowest BCUT2D eigenvalue weighted by molar-refractivity contribution is -0.143. The van der Waals surface area contributed by atoms with Crippen LogP contribution >= 0.6 is 0 Å². The van der Waals surface area contributed by atoms with E-state index in [-0.39, 0.29) is 11.5 Å². The number of carbonyl (C=O) groups is 1. The maximum Gasteiger partial charge on any atom is 0.305 e. The molecule has 0 aliphatic heterocycles. The minimum Gasteiger partial charge on any atom is -0.466 e. The van der Waals surface area contributed by atoms with Gasteiger partial charge in [-0.2, -0.15) is 0 Å². The van der Waals surface area contributed by atoms with Crippen molar-refractivity contribution in [1.82, 2.24) is 4.98 Å². The van der Waals surface area contributed by atoms with Gasteiger partial charge in [0.25, 0.3) is 5.56 Å². The number of aryl methyl sites for hydroxylation is 2. The lowest BCUT2D eigenvalue weighted by Gasteiger charge is -2.02. The van der Waals surface area contributed by atoms with Gasteiger partial charge in [0.1, 0.15) is 0 Å². The summed E-state index contributed by atoms with van der Waals surface area (Å²) >= 11 is 0. The molecule has 0 saturated carbocycles. The van der Waals surface area contributed by atoms with Gasteiger partial charge in [0.15, 0.2) is 0 Å². The number of hydrogen-bond acceptors (Lipinski definition) is 3. The van der Waals surface area contributed by atoms with Gasteiger partial charge >= 0.3 is 5.97 Å². The van der Waals surface area contributed by atoms with Crippen molar-refractivity contribution in [2.75, 3.05) is 6.61 Å². The number of H-pyrrole nitrogens is 1. The molecule has 0 bridgehead atoms. The number of esters is 1. The summed E-state index contributed by atoms with van der Waals surface area (Å²) in [6.07, 6.45) is 1.61. The smallest absolute Gasteiger partial charge is 0.305 e. The maximum atomic E-state index is 11.5. The highest BCUT2D eigenvalue weighted by Crippen LogP contribution is 2.01. The summed E-state index contributed by atoms with van der Waals surface area (Å²) in [5.74, 6) is -0.203. The zero-order valence-corrected chi connectivity index (χ0v) is 9.71. The van der Waals surface area contributed by atoms with Crippen LogP contribution in [0.1, 0.15) is 31.0 Å². The Balaban J connectivity index is 2.43. The van der Waals surface area contributed by atoms with Gasteiger partial charge in [-0.05, 0) is 32.8 Å². The molecule has 0 aromatic carbocycles. The van der Waals surface area contributed by atoms with Crippen molar-refractivity contribution in [3.8, 4) is 0 Å². The first kappa shape index (κ1) is 12.5. The number of nitrogens with one attached hydrogen (secondary N) is 1. The number of pyridine rings is 1. The van der Waals surface area contributed by atoms with Crippen LogP contribution in [0.4, 0.5) is 0 Å². The molecule has 1 heterocycles. The Bertz CT molecular complexity index is 409. The predicted molar refractivity (Wildman–Crippen MR) is 61.4 cm³/mol. The second-order valence-electron chi connectivity index (χ2n) is 3.65. The van der Waals surface area contributed by atoms with Crippen LogP contribution in [0, 0.1) is 6.92 Å². The standard InChI is InChI=1S/C12H17NO3/c1-3-16-11(14)6-4-5-10-8-7-9(2)13-12(10)15/h7-8H,3-6H2,1-2H3,(H,13,15). The maximum absolute atomic E-state index is 11.5. The Morgan fingerprint density at radius 1 is 1.44 bits per heavy atom. The molecular formula is C12H17NO3. The molecule has 16 heavy (non-hydrogen) atoms. The first-order chi connectivity index (χ1) is 7.63. The van der Waals surface area contributed by atoms with E-state index < -0.39 is 0 Å². The average molecular weight is 223 g/mol. The van der Waals surface area contributed by atoms with Crippen molar-refractivity contribution in [3.05, 3.63) is 33.7 Å². The van der Waals surface area contributed by atoms with Crippen molar-refractivity contribution in [1.29, 1.82) is 0 Å². The zero-order chi connectivity index (χ0) is 12.0. The van der Waals surface area contributed by atoms with E-state index in [9.17, 15) is 9.59 Å². The quantitative estimate of drug-likeness (QED) is 0.771. The molecule has 0 aliphatic carbocycles. The van der Waals surface area contributed by atoms with Crippen LogP contribution in [-0.2, 0) is 16.0 Å². The molecule has 0 aliphatic rings. The van der Waals surface area contributed by atoms with Gasteiger partial charge < -0.3 is 9.72 Å². The van der Waals surface area contributed by atoms with Crippen LogP contribution in [0.2, 0.25) is 0 Å². The van der Waals surface area contributed by atoms with E-state index in [0.717, 1.165) is 11.3 Å². The van der Waals surface area contributed by atoms with E-state index in [2.05, 4.69) is 4.98 Å². The number of rotatable bonds is 5. The van der Waals surface area contributed by atoms with Crippen molar-refractivity contribution in [2.45, 2.75) is 33.1 Å². The van der Waals surface area contributed by atoms with E-state index in [1.54, 1.807) is 13.0 Å². The Labute approximate surface area is 94.6 Å². The van der Waals surface area contributed by atoms with Crippen LogP contribution < -0.4 is 5.56 Å². The van der Waals surface area contributed by atoms with E-state index in [0.29, 0.717) is 25.9 Å². The second-order valence-corrected chi connectivity index (χ2v) is 3.65. The molecule has 1 aromatic heterocycles. The lowest BCUT2D eigenvalue weighted by Crippen LogP contribution is -2.13. The molecular weight excluding hydrogens is 206 g/mol. The van der Waals surface area contributed by atoms with E-state index >= 15 is 0 Å². The molecule has 0 unspecified atom stereocenters. The summed E-state index contributed by atoms with van der Waals surface area (Å²) in [6.45, 7) is 4.02. The third-order valence-electron chi connectivity index (χ3n) is 2.27. The summed E-state index contributed by atoms with van der Waals surface area (Å²) in [5, 5.41) is 0. The number of ether oxygens (including phenoxy) is 1. The Morgan fingerprint density at radius 3 is 2.81 bits per heavy atom. The molecule has 1 N–H and O–H groups in total. The van der Waals surface area contributed by atoms with Crippen molar-refractivity contribution in [2.24, 2.45) is 0 Å². The average Bonchev–Trinajstić information content (AvgIpc) is 2.22. The van der Waals surface area contributed by atoms with Gasteiger partial charge in [0.05, 0.1) is 6.61 Å². The minimum atomic E-state index is -0.203. The van der Waals surface area contributed by atoms with Crippen LogP contribution in [0.3, 0.4) is 0 Å². The van der Waals surface area contributed by atoms with Crippen molar-refractivity contribution in [3.63, 3.8) is 0 Å². The summed E-state index contributed by atoms with van der Waals surface area (Å²) < 4.78 is 4.80. The Morgan fingerprint density at radius 2 is 2.19 bits per heavy atom. The molecule has 0 atom stereocenters. The largest absolute Gasteiger partial charge is 0.466 e. The predicted octanol–water partition coefficient (Wildman–Crippen LogP) is 1.57. The fourth-order valence-corrected chi connectivity index (χ4v) is 1.46. The summed E-state index contributed by atoms with van der Waals surface area (Å²) in [5.41, 5.74) is 1.50. The molecule has 0 amide bonds. The molecule has 4 heteroatoms. The third-order valence-corrected chi connectivity index (χ3v) is 2.27. The fraction of sp³-hybridized carbons (Fsp3) is 0.500. The van der Waals surface area contributed by atoms with Crippen LogP contribution in [-0.4, -0.2) is 17.6 Å². The van der Waals surface area contributed by atoms with Gasteiger partial charge in [-0.1, -0.05) is 6.07 Å². The number of carbonyl (C=O) groups excluding carboxylic acids is 1. The van der Waals surface area contributed by atoms with Crippen molar-refractivity contribution >= 4 is 5.97 Å². The Kier molecular flexibility index (Phi) is 4.76. The number of hydrogen-bond donors (Lipinski definition) is 1. The lowest BCUT2D eigenvalue weighted by atomic mass is 10.1. The monoisotopic (exact) mass is 223 g/mol. The van der Waals surface area contributed by atoms with Gasteiger partial charge in [-0.15, -0.1) is 0 Å². The SMILES string of the molecule is CCOC(=O)CCCc1ccc(C)[nH]c1=O. The highest BCUT2D eigenvalue weighted by molar-refractivity contribution is 5.69. The number of aromatic amines is 1. The summed E-state index contributed by atoms with van der Waals surface area (Å²) in [4.78, 5) is 25.3. The first-order valence-corrected chi connectivity index (χ1v) is 5.48. The van der Waals surface area contributed by atoms with Crippen LogP contribution in [0.15, 0.2) is 16.9 Å². The number of aromatic nitrogens is 1. The third kappa shape index (κ3) is 3.88. The van der Waals surface area contributed by atoms with E-state index in [4.69, 9.17) is 4.74 Å². The van der Waals surface area contributed by atoms with Gasteiger partial charge in [-0.25, -0.2) is 0 Å². The van der Waals surface area contributed by atoms with Gasteiger partial charge in [-0.3, -0.25) is 9.59 Å². The van der Waals surface area contributed by atoms with Crippen molar-refractivity contribution < 1.29 is 9.53 Å². The molecule has 0 spiro atoms. The Hall–Kier alpha value is -1.58. The molecule has 1 aromatic rings. The van der Waals surface area contributed by atoms with Gasteiger partial charge in [0, 0.05) is 17.7 Å². The highest BCUT2D eigenvalue weighted by Gasteiger charge is 2.04. The minimum absolute atomic E-state index is 0.0659. The van der Waals surface area contributed by atoms with E-state index in [1.807, 2.05) is 13.0 Å². The molecule has 1 rings (SSSR count). The summed E-state index contributed by atoms with van der Waals surface area (Å²) in [6, 6.07) is 3.67. The molecule has 0 fully saturated rings. The molecule has 0 radical (unpaired) electrons. The van der Waals surface area contributed by atoms with Crippen LogP contribution in [0.5, 0.6) is 0 Å². The molecule has 88 valence electrons. The summed E-state index contributed by atoms with van der Waals surface area (Å²) in [7, 11) is 0. The topological polar surface area (TPSA) is 59.2 Å². The molecule has 0 saturated heterocycles. The van der Waals surface area contributed by atoms with Gasteiger partial charge in [0.2, 0.25) is 0 Å². The fourth-order valence-electron chi connectivity index (χ4n) is 1.46.